The van der Waals surface area contributed by atoms with Crippen molar-refractivity contribution in [1.82, 2.24) is 9.80 Å². The van der Waals surface area contributed by atoms with Crippen molar-refractivity contribution in [2.45, 2.75) is 71.4 Å². The van der Waals surface area contributed by atoms with Gasteiger partial charge in [0.1, 0.15) is 5.83 Å². The van der Waals surface area contributed by atoms with Crippen LogP contribution in [0.3, 0.4) is 0 Å². The molecule has 0 radical (unpaired) electrons. The minimum absolute atomic E-state index is 0.112. The van der Waals surface area contributed by atoms with Gasteiger partial charge in [-0.1, -0.05) is 50.3 Å². The lowest BCUT2D eigenvalue weighted by Gasteiger charge is -2.45. The smallest absolute Gasteiger partial charge is 0.120 e. The van der Waals surface area contributed by atoms with Crippen LogP contribution < -0.4 is 4.90 Å². The highest BCUT2D eigenvalue weighted by molar-refractivity contribution is 5.54. The monoisotopic (exact) mass is 477 g/mol. The number of nitrogens with zero attached hydrogens (tertiary/aromatic N) is 3. The van der Waals surface area contributed by atoms with E-state index in [-0.39, 0.29) is 17.8 Å². The molecule has 0 saturated carbocycles. The van der Waals surface area contributed by atoms with Crippen LogP contribution in [0, 0.1) is 12.8 Å². The third-order valence-electron chi connectivity index (χ3n) is 7.91. The Balaban J connectivity index is 1.49. The molecule has 0 bridgehead atoms. The Morgan fingerprint density at radius 2 is 1.83 bits per heavy atom. The Morgan fingerprint density at radius 1 is 1.09 bits per heavy atom. The molecule has 3 aliphatic rings. The van der Waals surface area contributed by atoms with Gasteiger partial charge in [0, 0.05) is 43.6 Å². The molecule has 1 aromatic rings. The van der Waals surface area contributed by atoms with Crippen molar-refractivity contribution < 1.29 is 4.39 Å². The zero-order chi connectivity index (χ0) is 24.8. The number of hydrogen-bond acceptors (Lipinski definition) is 3. The van der Waals surface area contributed by atoms with E-state index in [4.69, 9.17) is 0 Å². The lowest BCUT2D eigenvalue weighted by Crippen LogP contribution is -2.48. The first-order valence-electron chi connectivity index (χ1n) is 13.7. The fraction of sp³-hybridized carbons (Fsp3) is 0.548. The van der Waals surface area contributed by atoms with Crippen molar-refractivity contribution in [3.63, 3.8) is 0 Å². The highest BCUT2D eigenvalue weighted by Crippen LogP contribution is 2.37. The largest absolute Gasteiger partial charge is 0.373 e. The molecule has 3 atom stereocenters. The number of rotatable bonds is 8. The summed E-state index contributed by atoms with van der Waals surface area (Å²) in [6.45, 7) is 16.6. The molecule has 2 saturated heterocycles. The number of aryl methyl sites for hydroxylation is 1. The quantitative estimate of drug-likeness (QED) is 0.398. The molecule has 4 heteroatoms. The average molecular weight is 478 g/mol. The van der Waals surface area contributed by atoms with Gasteiger partial charge < -0.3 is 9.80 Å². The first-order chi connectivity index (χ1) is 16.9. The van der Waals surface area contributed by atoms with E-state index in [0.29, 0.717) is 6.04 Å². The SMILES string of the molecule is C=C(CCC1CCCC(C2=CC(F)=CC(C)C=C2)N1c1ccc(C)cc1)N1CCN(CCC)CC1. The van der Waals surface area contributed by atoms with Crippen LogP contribution in [0.1, 0.15) is 57.9 Å². The van der Waals surface area contributed by atoms with Gasteiger partial charge in [0.25, 0.3) is 0 Å². The Hall–Kier alpha value is -2.33. The highest BCUT2D eigenvalue weighted by Gasteiger charge is 2.33. The number of piperidine rings is 1. The van der Waals surface area contributed by atoms with Gasteiger partial charge in [-0.3, -0.25) is 4.90 Å². The summed E-state index contributed by atoms with van der Waals surface area (Å²) in [6.07, 6.45) is 14.5. The fourth-order valence-corrected chi connectivity index (χ4v) is 5.93. The third kappa shape index (κ3) is 6.67. The van der Waals surface area contributed by atoms with Crippen LogP contribution in [-0.4, -0.2) is 54.6 Å². The lowest BCUT2D eigenvalue weighted by atomic mass is 9.87. The summed E-state index contributed by atoms with van der Waals surface area (Å²) < 4.78 is 14.6. The molecule has 2 fully saturated rings. The maximum absolute atomic E-state index is 14.6. The minimum Gasteiger partial charge on any atom is -0.373 e. The molecule has 4 rings (SSSR count). The lowest BCUT2D eigenvalue weighted by molar-refractivity contribution is 0.155. The Labute approximate surface area is 212 Å². The molecule has 1 aliphatic carbocycles. The zero-order valence-corrected chi connectivity index (χ0v) is 22.1. The van der Waals surface area contributed by atoms with Crippen molar-refractivity contribution >= 4 is 5.69 Å². The van der Waals surface area contributed by atoms with Gasteiger partial charge in [-0.2, -0.15) is 0 Å². The molecule has 0 N–H and O–H groups in total. The summed E-state index contributed by atoms with van der Waals surface area (Å²) in [5.41, 5.74) is 4.90. The van der Waals surface area contributed by atoms with Crippen LogP contribution >= 0.6 is 0 Å². The maximum Gasteiger partial charge on any atom is 0.120 e. The van der Waals surface area contributed by atoms with Gasteiger partial charge in [-0.25, -0.2) is 4.39 Å². The third-order valence-corrected chi connectivity index (χ3v) is 7.91. The van der Waals surface area contributed by atoms with Gasteiger partial charge in [0.2, 0.25) is 0 Å². The van der Waals surface area contributed by atoms with Crippen LogP contribution in [0.25, 0.3) is 0 Å². The van der Waals surface area contributed by atoms with Crippen LogP contribution in [0.4, 0.5) is 10.1 Å². The molecule has 0 amide bonds. The maximum atomic E-state index is 14.6. The second-order valence-corrected chi connectivity index (χ2v) is 10.7. The number of anilines is 1. The second kappa shape index (κ2) is 12.1. The van der Waals surface area contributed by atoms with Crippen molar-refractivity contribution in [1.29, 1.82) is 0 Å². The number of piperazine rings is 1. The summed E-state index contributed by atoms with van der Waals surface area (Å²) in [4.78, 5) is 7.66. The van der Waals surface area contributed by atoms with Crippen molar-refractivity contribution in [2.24, 2.45) is 5.92 Å². The van der Waals surface area contributed by atoms with E-state index in [1.807, 2.05) is 6.92 Å². The first-order valence-corrected chi connectivity index (χ1v) is 13.7. The number of hydrogen-bond donors (Lipinski definition) is 0. The molecule has 190 valence electrons. The minimum atomic E-state index is -0.112. The van der Waals surface area contributed by atoms with Crippen molar-refractivity contribution in [2.75, 3.05) is 37.6 Å². The van der Waals surface area contributed by atoms with E-state index in [9.17, 15) is 4.39 Å². The Kier molecular flexibility index (Phi) is 8.89. The van der Waals surface area contributed by atoms with Gasteiger partial charge in [0.05, 0.1) is 6.04 Å². The molecule has 0 aromatic heterocycles. The summed E-state index contributed by atoms with van der Waals surface area (Å²) in [6, 6.07) is 9.52. The molecular weight excluding hydrogens is 433 g/mol. The van der Waals surface area contributed by atoms with E-state index < -0.39 is 0 Å². The fourth-order valence-electron chi connectivity index (χ4n) is 5.93. The standard InChI is InChI=1S/C31H44FN3/c1-5-17-33-18-20-34(21-19-33)26(4)12-16-29-7-6-8-31(27-13-9-25(3)22-28(32)23-27)35(29)30-14-10-24(2)11-15-30/h9-11,13-15,22-23,25,29,31H,4-8,12,16-21H2,1-3H3. The summed E-state index contributed by atoms with van der Waals surface area (Å²) in [5.74, 6) is 0.0103. The Morgan fingerprint density at radius 3 is 2.54 bits per heavy atom. The van der Waals surface area contributed by atoms with E-state index >= 15 is 0 Å². The topological polar surface area (TPSA) is 9.72 Å². The molecule has 1 aromatic carbocycles. The molecule has 2 aliphatic heterocycles. The highest BCUT2D eigenvalue weighted by atomic mass is 19.1. The van der Waals surface area contributed by atoms with Gasteiger partial charge in [0.15, 0.2) is 0 Å². The number of allylic oxidation sites excluding steroid dienone is 5. The van der Waals surface area contributed by atoms with Crippen LogP contribution in [-0.2, 0) is 0 Å². The van der Waals surface area contributed by atoms with Gasteiger partial charge >= 0.3 is 0 Å². The zero-order valence-electron chi connectivity index (χ0n) is 22.1. The molecule has 3 nitrogen and oxygen atoms in total. The van der Waals surface area contributed by atoms with Crippen molar-refractivity contribution in [3.8, 4) is 0 Å². The van der Waals surface area contributed by atoms with Crippen LogP contribution in [0.2, 0.25) is 0 Å². The summed E-state index contributed by atoms with van der Waals surface area (Å²) in [7, 11) is 0. The van der Waals surface area contributed by atoms with E-state index in [1.165, 1.54) is 42.8 Å². The van der Waals surface area contributed by atoms with Crippen molar-refractivity contribution in [3.05, 3.63) is 77.8 Å². The van der Waals surface area contributed by atoms with Gasteiger partial charge in [-0.15, -0.1) is 0 Å². The van der Waals surface area contributed by atoms with Gasteiger partial charge in [-0.05, 0) is 87.8 Å². The predicted molar refractivity (Wildman–Crippen MR) is 147 cm³/mol. The van der Waals surface area contributed by atoms with E-state index in [0.717, 1.165) is 51.0 Å². The molecule has 35 heavy (non-hydrogen) atoms. The van der Waals surface area contributed by atoms with E-state index in [2.05, 4.69) is 71.5 Å². The van der Waals surface area contributed by atoms with E-state index in [1.54, 1.807) is 12.2 Å². The first kappa shape index (κ1) is 25.8. The number of halogens is 1. The summed E-state index contributed by atoms with van der Waals surface area (Å²) in [5, 5.41) is 0. The summed E-state index contributed by atoms with van der Waals surface area (Å²) >= 11 is 0. The normalized spacial score (nSPS) is 25.8. The molecule has 3 unspecified atom stereocenters. The Bertz CT molecular complexity index is 936. The predicted octanol–water partition coefficient (Wildman–Crippen LogP) is 7.03. The molecular formula is C31H44FN3. The van der Waals surface area contributed by atoms with Crippen LogP contribution in [0.15, 0.2) is 72.2 Å². The molecule has 0 spiro atoms. The number of benzene rings is 1. The second-order valence-electron chi connectivity index (χ2n) is 10.7. The average Bonchev–Trinajstić information content (AvgIpc) is 3.03. The molecule has 2 heterocycles. The van der Waals surface area contributed by atoms with Crippen LogP contribution in [0.5, 0.6) is 0 Å².